The van der Waals surface area contributed by atoms with Crippen LogP contribution in [0.2, 0.25) is 0 Å². The zero-order valence-electron chi connectivity index (χ0n) is 7.01. The molecule has 0 saturated carbocycles. The molecule has 0 spiro atoms. The van der Waals surface area contributed by atoms with Gasteiger partial charge in [0.2, 0.25) is 0 Å². The van der Waals surface area contributed by atoms with Gasteiger partial charge in [0.15, 0.2) is 0 Å². The largest absolute Gasteiger partial charge is 0.481 e. The first kappa shape index (κ1) is 10.5. The Hall–Kier alpha value is -0.620. The Bertz CT molecular complexity index is 294. The number of carboxylic acids is 1. The van der Waals surface area contributed by atoms with Crippen molar-refractivity contribution in [2.75, 3.05) is 11.5 Å². The van der Waals surface area contributed by atoms with Crippen molar-refractivity contribution in [3.8, 4) is 0 Å². The van der Waals surface area contributed by atoms with Crippen molar-refractivity contribution < 1.29 is 23.4 Å². The van der Waals surface area contributed by atoms with E-state index in [0.717, 1.165) is 0 Å². The van der Waals surface area contributed by atoms with Crippen molar-refractivity contribution in [2.45, 2.75) is 18.9 Å². The minimum absolute atomic E-state index is 0.0127. The van der Waals surface area contributed by atoms with Crippen molar-refractivity contribution in [3.63, 3.8) is 0 Å². The average Bonchev–Trinajstić information content (AvgIpc) is 2.11. The van der Waals surface area contributed by atoms with Crippen LogP contribution in [0.5, 0.6) is 0 Å². The van der Waals surface area contributed by atoms with Gasteiger partial charge >= 0.3 is 5.97 Å². The number of rotatable bonds is 1. The lowest BCUT2D eigenvalue weighted by atomic mass is 9.98. The van der Waals surface area contributed by atoms with E-state index in [1.807, 2.05) is 0 Å². The van der Waals surface area contributed by atoms with Crippen LogP contribution in [0.15, 0.2) is 0 Å². The highest BCUT2D eigenvalue weighted by atomic mass is 32.2. The van der Waals surface area contributed by atoms with Gasteiger partial charge in [-0.3, -0.25) is 4.79 Å². The number of aliphatic hydroxyl groups is 1. The van der Waals surface area contributed by atoms with Gasteiger partial charge in [-0.2, -0.15) is 0 Å². The van der Waals surface area contributed by atoms with E-state index in [1.54, 1.807) is 0 Å². The van der Waals surface area contributed by atoms with E-state index >= 15 is 0 Å². The minimum atomic E-state index is -3.14. The molecule has 0 aliphatic carbocycles. The van der Waals surface area contributed by atoms with Gasteiger partial charge in [0, 0.05) is 0 Å². The van der Waals surface area contributed by atoms with Crippen LogP contribution < -0.4 is 0 Å². The Morgan fingerprint density at radius 2 is 1.77 bits per heavy atom. The summed E-state index contributed by atoms with van der Waals surface area (Å²) in [5.41, 5.74) is 0. The van der Waals surface area contributed by atoms with Crippen LogP contribution in [0.3, 0.4) is 0 Å². The van der Waals surface area contributed by atoms with Gasteiger partial charge in [-0.1, -0.05) is 0 Å². The zero-order chi connectivity index (χ0) is 10.1. The lowest BCUT2D eigenvalue weighted by Crippen LogP contribution is -2.27. The Morgan fingerprint density at radius 1 is 1.23 bits per heavy atom. The van der Waals surface area contributed by atoms with Crippen LogP contribution in [0, 0.1) is 5.92 Å². The molecule has 6 heteroatoms. The van der Waals surface area contributed by atoms with E-state index in [0.29, 0.717) is 0 Å². The molecule has 0 unspecified atom stereocenters. The number of sulfone groups is 1. The number of carbonyl (C=O) groups is 1. The Kier molecular flexibility index (Phi) is 2.92. The molecule has 1 aliphatic rings. The van der Waals surface area contributed by atoms with Crippen molar-refractivity contribution in [2.24, 2.45) is 5.92 Å². The summed E-state index contributed by atoms with van der Waals surface area (Å²) in [5.74, 6) is -2.30. The second-order valence-corrected chi connectivity index (χ2v) is 5.54. The minimum Gasteiger partial charge on any atom is -0.481 e. The molecule has 0 bridgehead atoms. The third-order valence-corrected chi connectivity index (χ3v) is 3.96. The third-order valence-electron chi connectivity index (χ3n) is 2.25. The summed E-state index contributed by atoms with van der Waals surface area (Å²) in [6.07, 6.45) is -0.993. The van der Waals surface area contributed by atoms with Crippen molar-refractivity contribution in [1.29, 1.82) is 0 Å². The number of aliphatic hydroxyl groups excluding tert-OH is 1. The summed E-state index contributed by atoms with van der Waals surface area (Å²) in [6.45, 7) is 0. The number of aliphatic carboxylic acids is 1. The van der Waals surface area contributed by atoms with Crippen LogP contribution in [0.1, 0.15) is 12.8 Å². The molecule has 13 heavy (non-hydrogen) atoms. The Labute approximate surface area is 76.3 Å². The van der Waals surface area contributed by atoms with Crippen LogP contribution >= 0.6 is 0 Å². The third kappa shape index (κ3) is 2.67. The van der Waals surface area contributed by atoms with E-state index in [1.165, 1.54) is 0 Å². The van der Waals surface area contributed by atoms with Crippen LogP contribution in [0.25, 0.3) is 0 Å². The molecule has 0 radical (unpaired) electrons. The van der Waals surface area contributed by atoms with Gasteiger partial charge < -0.3 is 10.2 Å². The molecule has 1 saturated heterocycles. The fraction of sp³-hybridized carbons (Fsp3) is 0.857. The van der Waals surface area contributed by atoms with E-state index < -0.39 is 27.8 Å². The van der Waals surface area contributed by atoms with E-state index in [2.05, 4.69) is 0 Å². The van der Waals surface area contributed by atoms with Crippen molar-refractivity contribution in [3.05, 3.63) is 0 Å². The number of hydrogen-bond acceptors (Lipinski definition) is 4. The molecule has 1 fully saturated rings. The normalized spacial score (nSPS) is 33.6. The number of carboxylic acid groups (broad SMARTS) is 1. The molecule has 1 heterocycles. The molecular formula is C7H12O5S. The summed E-state index contributed by atoms with van der Waals surface area (Å²) >= 11 is 0. The fourth-order valence-corrected chi connectivity index (χ4v) is 2.81. The smallest absolute Gasteiger partial charge is 0.309 e. The van der Waals surface area contributed by atoms with E-state index in [-0.39, 0.29) is 24.3 Å². The Morgan fingerprint density at radius 3 is 2.31 bits per heavy atom. The zero-order valence-corrected chi connectivity index (χ0v) is 7.83. The molecule has 2 N–H and O–H groups in total. The molecule has 0 aromatic rings. The molecule has 1 aliphatic heterocycles. The van der Waals surface area contributed by atoms with Gasteiger partial charge in [-0.05, 0) is 12.8 Å². The van der Waals surface area contributed by atoms with E-state index in [4.69, 9.17) is 5.11 Å². The van der Waals surface area contributed by atoms with Crippen LogP contribution in [-0.2, 0) is 14.6 Å². The summed E-state index contributed by atoms with van der Waals surface area (Å²) in [6, 6.07) is 0. The molecule has 0 aromatic carbocycles. The van der Waals surface area contributed by atoms with Gasteiger partial charge in [0.05, 0.1) is 23.5 Å². The average molecular weight is 208 g/mol. The second kappa shape index (κ2) is 3.63. The summed E-state index contributed by atoms with van der Waals surface area (Å²) < 4.78 is 22.2. The summed E-state index contributed by atoms with van der Waals surface area (Å²) in [5, 5.41) is 18.0. The molecule has 2 atom stereocenters. The van der Waals surface area contributed by atoms with Gasteiger partial charge in [0.1, 0.15) is 9.84 Å². The van der Waals surface area contributed by atoms with Gasteiger partial charge in [-0.25, -0.2) is 8.42 Å². The first-order valence-corrected chi connectivity index (χ1v) is 5.86. The maximum Gasteiger partial charge on any atom is 0.309 e. The maximum atomic E-state index is 11.1. The molecule has 76 valence electrons. The lowest BCUT2D eigenvalue weighted by Gasteiger charge is -2.13. The maximum absolute atomic E-state index is 11.1. The topological polar surface area (TPSA) is 91.7 Å². The molecule has 0 aromatic heterocycles. The molecular weight excluding hydrogens is 196 g/mol. The number of hydrogen-bond donors (Lipinski definition) is 2. The predicted molar refractivity (Wildman–Crippen MR) is 45.0 cm³/mol. The summed E-state index contributed by atoms with van der Waals surface area (Å²) in [7, 11) is -3.14. The first-order chi connectivity index (χ1) is 5.92. The van der Waals surface area contributed by atoms with Crippen LogP contribution in [-0.4, -0.2) is 42.2 Å². The standard InChI is InChI=1S/C7H12O5S/c8-6-2-4-13(11,12)3-1-5(6)7(9)10/h5-6,8H,1-4H2,(H,9,10)/t5-,6-/m0/s1. The van der Waals surface area contributed by atoms with Crippen LogP contribution in [0.4, 0.5) is 0 Å². The van der Waals surface area contributed by atoms with Gasteiger partial charge in [-0.15, -0.1) is 0 Å². The Balaban J connectivity index is 2.76. The monoisotopic (exact) mass is 208 g/mol. The molecule has 5 nitrogen and oxygen atoms in total. The quantitative estimate of drug-likeness (QED) is 0.592. The second-order valence-electron chi connectivity index (χ2n) is 3.24. The van der Waals surface area contributed by atoms with Crippen molar-refractivity contribution >= 4 is 15.8 Å². The van der Waals surface area contributed by atoms with E-state index in [9.17, 15) is 18.3 Å². The highest BCUT2D eigenvalue weighted by Gasteiger charge is 2.32. The molecule has 1 rings (SSSR count). The molecule has 0 amide bonds. The van der Waals surface area contributed by atoms with Crippen molar-refractivity contribution in [1.82, 2.24) is 0 Å². The highest BCUT2D eigenvalue weighted by molar-refractivity contribution is 7.91. The predicted octanol–water partition coefficient (Wildman–Crippen LogP) is -0.743. The van der Waals surface area contributed by atoms with Gasteiger partial charge in [0.25, 0.3) is 0 Å². The lowest BCUT2D eigenvalue weighted by molar-refractivity contribution is -0.145. The SMILES string of the molecule is O=C(O)[C@H]1CCS(=O)(=O)CC[C@@H]1O. The first-order valence-electron chi connectivity index (χ1n) is 4.04. The highest BCUT2D eigenvalue weighted by Crippen LogP contribution is 2.19. The fourth-order valence-electron chi connectivity index (χ4n) is 1.39. The summed E-state index contributed by atoms with van der Waals surface area (Å²) in [4.78, 5) is 10.6.